The molecule has 1 atom stereocenters. The van der Waals surface area contributed by atoms with E-state index in [9.17, 15) is 19.2 Å². The third-order valence-corrected chi connectivity index (χ3v) is 7.53. The van der Waals surface area contributed by atoms with Crippen LogP contribution in [0.3, 0.4) is 0 Å². The van der Waals surface area contributed by atoms with Gasteiger partial charge in [-0.05, 0) is 37.3 Å². The molecular weight excluding hydrogens is 462 g/mol. The van der Waals surface area contributed by atoms with E-state index in [1.54, 1.807) is 24.3 Å². The van der Waals surface area contributed by atoms with Crippen LogP contribution in [-0.2, 0) is 19.1 Å². The lowest BCUT2D eigenvalue weighted by Gasteiger charge is -2.48. The van der Waals surface area contributed by atoms with Gasteiger partial charge in [0.05, 0.1) is 24.3 Å². The van der Waals surface area contributed by atoms with Crippen molar-refractivity contribution in [3.05, 3.63) is 35.4 Å². The van der Waals surface area contributed by atoms with Gasteiger partial charge in [0.25, 0.3) is 17.7 Å². The molecule has 0 spiro atoms. The number of nitrogens with zero attached hydrogens (tertiary/aromatic N) is 2. The number of imide groups is 1. The van der Waals surface area contributed by atoms with Crippen molar-refractivity contribution in [1.82, 2.24) is 15.1 Å². The number of rotatable bonds is 9. The maximum Gasteiger partial charge on any atom is 0.329 e. The zero-order valence-electron chi connectivity index (χ0n) is 21.3. The summed E-state index contributed by atoms with van der Waals surface area (Å²) in [5.74, 6) is -2.11. The molecule has 1 saturated carbocycles. The summed E-state index contributed by atoms with van der Waals surface area (Å²) >= 11 is 0. The monoisotopic (exact) mass is 499 g/mol. The highest BCUT2D eigenvalue weighted by Crippen LogP contribution is 2.34. The van der Waals surface area contributed by atoms with Gasteiger partial charge in [-0.2, -0.15) is 0 Å². The molecule has 196 valence electrons. The van der Waals surface area contributed by atoms with Crippen molar-refractivity contribution in [3.8, 4) is 0 Å². The Morgan fingerprint density at radius 3 is 2.22 bits per heavy atom. The number of esters is 1. The van der Waals surface area contributed by atoms with Crippen LogP contribution in [0.5, 0.6) is 0 Å². The lowest BCUT2D eigenvalue weighted by Crippen LogP contribution is -2.60. The SMILES string of the molecule is CC(C)CC(C(=O)OCC(=O)NCC1(N2CCOCC2)CCCCC1)N1C(=O)c2ccccc2C1=O. The molecule has 1 aromatic carbocycles. The van der Waals surface area contributed by atoms with Gasteiger partial charge in [-0.15, -0.1) is 0 Å². The smallest absolute Gasteiger partial charge is 0.329 e. The molecule has 1 unspecified atom stereocenters. The van der Waals surface area contributed by atoms with Gasteiger partial charge in [0, 0.05) is 25.2 Å². The van der Waals surface area contributed by atoms with Crippen molar-refractivity contribution in [2.45, 2.75) is 64.0 Å². The van der Waals surface area contributed by atoms with E-state index in [1.165, 1.54) is 6.42 Å². The molecule has 1 N–H and O–H groups in total. The highest BCUT2D eigenvalue weighted by molar-refractivity contribution is 6.22. The molecule has 9 heteroatoms. The Bertz CT molecular complexity index is 946. The molecule has 1 aliphatic carbocycles. The van der Waals surface area contributed by atoms with Gasteiger partial charge in [0.15, 0.2) is 6.61 Å². The van der Waals surface area contributed by atoms with Crippen molar-refractivity contribution in [2.75, 3.05) is 39.5 Å². The van der Waals surface area contributed by atoms with Crippen LogP contribution in [-0.4, -0.2) is 84.5 Å². The van der Waals surface area contributed by atoms with Crippen LogP contribution in [0.15, 0.2) is 24.3 Å². The van der Waals surface area contributed by atoms with Crippen molar-refractivity contribution < 1.29 is 28.7 Å². The van der Waals surface area contributed by atoms with Gasteiger partial charge < -0.3 is 14.8 Å². The van der Waals surface area contributed by atoms with Gasteiger partial charge in [-0.1, -0.05) is 45.2 Å². The molecule has 4 rings (SSSR count). The molecular formula is C27H37N3O6. The molecule has 3 aliphatic rings. The number of carbonyl (C=O) groups excluding carboxylic acids is 4. The van der Waals surface area contributed by atoms with Crippen LogP contribution in [0.25, 0.3) is 0 Å². The molecule has 0 bridgehead atoms. The highest BCUT2D eigenvalue weighted by atomic mass is 16.5. The van der Waals surface area contributed by atoms with Crippen molar-refractivity contribution >= 4 is 23.7 Å². The average molecular weight is 500 g/mol. The Kier molecular flexibility index (Phi) is 8.41. The highest BCUT2D eigenvalue weighted by Gasteiger charge is 2.44. The van der Waals surface area contributed by atoms with Crippen LogP contribution in [0.2, 0.25) is 0 Å². The largest absolute Gasteiger partial charge is 0.454 e. The Morgan fingerprint density at radius 1 is 1.03 bits per heavy atom. The summed E-state index contributed by atoms with van der Waals surface area (Å²) in [5, 5.41) is 2.98. The first kappa shape index (κ1) is 26.3. The summed E-state index contributed by atoms with van der Waals surface area (Å²) in [7, 11) is 0. The summed E-state index contributed by atoms with van der Waals surface area (Å²) in [5.41, 5.74) is 0.465. The Balaban J connectivity index is 1.37. The number of ether oxygens (including phenoxy) is 2. The zero-order valence-corrected chi connectivity index (χ0v) is 21.3. The lowest BCUT2D eigenvalue weighted by molar-refractivity contribution is -0.153. The molecule has 2 aliphatic heterocycles. The van der Waals surface area contributed by atoms with Crippen molar-refractivity contribution in [3.63, 3.8) is 0 Å². The second-order valence-electron chi connectivity index (χ2n) is 10.4. The predicted molar refractivity (Wildman–Crippen MR) is 132 cm³/mol. The maximum absolute atomic E-state index is 13.1. The van der Waals surface area contributed by atoms with Gasteiger partial charge in [0.1, 0.15) is 6.04 Å². The predicted octanol–water partition coefficient (Wildman–Crippen LogP) is 2.39. The number of hydrogen-bond acceptors (Lipinski definition) is 7. The first-order valence-electron chi connectivity index (χ1n) is 13.1. The molecule has 1 aromatic rings. The van der Waals surface area contributed by atoms with Crippen LogP contribution in [0, 0.1) is 5.92 Å². The minimum absolute atomic E-state index is 0.0281. The summed E-state index contributed by atoms with van der Waals surface area (Å²) in [6.45, 7) is 6.95. The van der Waals surface area contributed by atoms with Crippen molar-refractivity contribution in [2.24, 2.45) is 5.92 Å². The topological polar surface area (TPSA) is 105 Å². The molecule has 9 nitrogen and oxygen atoms in total. The Morgan fingerprint density at radius 2 is 1.64 bits per heavy atom. The number of hydrogen-bond donors (Lipinski definition) is 1. The fraction of sp³-hybridized carbons (Fsp3) is 0.630. The van der Waals surface area contributed by atoms with Crippen LogP contribution < -0.4 is 5.32 Å². The van der Waals surface area contributed by atoms with E-state index in [-0.39, 0.29) is 34.9 Å². The van der Waals surface area contributed by atoms with Gasteiger partial charge in [0.2, 0.25) is 0 Å². The molecule has 2 heterocycles. The minimum Gasteiger partial charge on any atom is -0.454 e. The molecule has 3 amide bonds. The van der Waals surface area contributed by atoms with Crippen LogP contribution >= 0.6 is 0 Å². The molecule has 0 radical (unpaired) electrons. The van der Waals surface area contributed by atoms with E-state index >= 15 is 0 Å². The number of fused-ring (bicyclic) bond motifs is 1. The lowest BCUT2D eigenvalue weighted by atomic mass is 9.79. The van der Waals surface area contributed by atoms with E-state index in [4.69, 9.17) is 9.47 Å². The van der Waals surface area contributed by atoms with Gasteiger partial charge in [-0.25, -0.2) is 4.79 Å². The third-order valence-electron chi connectivity index (χ3n) is 7.53. The summed E-state index contributed by atoms with van der Waals surface area (Å²) in [4.78, 5) is 55.1. The minimum atomic E-state index is -1.08. The fourth-order valence-electron chi connectivity index (χ4n) is 5.64. The number of carbonyl (C=O) groups is 4. The third kappa shape index (κ3) is 5.62. The van der Waals surface area contributed by atoms with Crippen molar-refractivity contribution in [1.29, 1.82) is 0 Å². The number of amides is 3. The first-order chi connectivity index (χ1) is 17.3. The van der Waals surface area contributed by atoms with Gasteiger partial charge in [-0.3, -0.25) is 24.2 Å². The van der Waals surface area contributed by atoms with Gasteiger partial charge >= 0.3 is 5.97 Å². The summed E-state index contributed by atoms with van der Waals surface area (Å²) < 4.78 is 10.9. The molecule has 36 heavy (non-hydrogen) atoms. The number of morpholine rings is 1. The van der Waals surface area contributed by atoms with E-state index < -0.39 is 30.4 Å². The molecule has 0 aromatic heterocycles. The zero-order chi connectivity index (χ0) is 25.7. The second-order valence-corrected chi connectivity index (χ2v) is 10.4. The Labute approximate surface area is 212 Å². The Hall–Kier alpha value is -2.78. The van der Waals surface area contributed by atoms with E-state index in [0.29, 0.717) is 19.8 Å². The van der Waals surface area contributed by atoms with E-state index in [2.05, 4.69) is 10.2 Å². The standard InChI is InChI=1S/C27H37N3O6/c1-19(2)16-22(30-24(32)20-8-4-5-9-21(20)25(30)33)26(34)36-17-23(31)28-18-27(10-6-3-7-11-27)29-12-14-35-15-13-29/h4-5,8-9,19,22H,3,6-7,10-18H2,1-2H3,(H,28,31). The normalized spacial score (nSPS) is 20.8. The van der Waals surface area contributed by atoms with Crippen LogP contribution in [0.4, 0.5) is 0 Å². The van der Waals surface area contributed by atoms with Crippen LogP contribution in [0.1, 0.15) is 73.1 Å². The van der Waals surface area contributed by atoms with E-state index in [0.717, 1.165) is 43.7 Å². The first-order valence-corrected chi connectivity index (χ1v) is 13.1. The number of benzene rings is 1. The second kappa shape index (κ2) is 11.5. The summed E-state index contributed by atoms with van der Waals surface area (Å²) in [6.07, 6.45) is 5.74. The number of nitrogens with one attached hydrogen (secondary N) is 1. The van der Waals surface area contributed by atoms with E-state index in [1.807, 2.05) is 13.8 Å². The quantitative estimate of drug-likeness (QED) is 0.411. The average Bonchev–Trinajstić information content (AvgIpc) is 3.15. The fourth-order valence-corrected chi connectivity index (χ4v) is 5.64. The molecule has 1 saturated heterocycles. The summed E-state index contributed by atoms with van der Waals surface area (Å²) in [6, 6.07) is 5.45. The maximum atomic E-state index is 13.1. The molecule has 2 fully saturated rings.